The zero-order valence-corrected chi connectivity index (χ0v) is 12.3. The third kappa shape index (κ3) is 3.10. The van der Waals surface area contributed by atoms with Crippen LogP contribution in [0, 0.1) is 6.92 Å². The first-order valence-electron chi connectivity index (χ1n) is 7.12. The number of ketones is 1. The van der Waals surface area contributed by atoms with Crippen LogP contribution < -0.4 is 0 Å². The second kappa shape index (κ2) is 6.42. The number of nitrogens with zero attached hydrogens (tertiary/aromatic N) is 2. The Balaban J connectivity index is 2.40. The van der Waals surface area contributed by atoms with Gasteiger partial charge in [0, 0.05) is 11.1 Å². The Morgan fingerprint density at radius 2 is 1.95 bits per heavy atom. The summed E-state index contributed by atoms with van der Waals surface area (Å²) in [5.41, 5.74) is 4.15. The summed E-state index contributed by atoms with van der Waals surface area (Å²) in [5, 5.41) is 8.16. The van der Waals surface area contributed by atoms with E-state index in [2.05, 4.69) is 23.2 Å². The lowest BCUT2D eigenvalue weighted by molar-refractivity contribution is 0.103. The fourth-order valence-corrected chi connectivity index (χ4v) is 2.28. The van der Waals surface area contributed by atoms with Crippen molar-refractivity contribution in [1.29, 1.82) is 0 Å². The maximum atomic E-state index is 12.7. The van der Waals surface area contributed by atoms with Gasteiger partial charge in [0.2, 0.25) is 0 Å². The Hall–Kier alpha value is -2.03. The lowest BCUT2D eigenvalue weighted by Gasteiger charge is -2.08. The van der Waals surface area contributed by atoms with Crippen LogP contribution in [0.3, 0.4) is 0 Å². The van der Waals surface area contributed by atoms with Crippen molar-refractivity contribution in [2.75, 3.05) is 0 Å². The average molecular weight is 268 g/mol. The standard InChI is InChI=1S/C17H20N2O/c1-4-7-13-8-6-9-14(11-13)17(20)15-10-12(3)18-19-16(15)5-2/h6,8-11H,4-5,7H2,1-3H3. The Morgan fingerprint density at radius 3 is 2.65 bits per heavy atom. The van der Waals surface area contributed by atoms with Gasteiger partial charge >= 0.3 is 0 Å². The molecular weight excluding hydrogens is 248 g/mol. The molecule has 0 spiro atoms. The molecule has 3 nitrogen and oxygen atoms in total. The van der Waals surface area contributed by atoms with E-state index in [1.54, 1.807) is 0 Å². The van der Waals surface area contributed by atoms with Crippen molar-refractivity contribution in [3.8, 4) is 0 Å². The molecule has 1 aromatic heterocycles. The van der Waals surface area contributed by atoms with Gasteiger partial charge in [-0.25, -0.2) is 0 Å². The van der Waals surface area contributed by atoms with Crippen LogP contribution in [0.25, 0.3) is 0 Å². The summed E-state index contributed by atoms with van der Waals surface area (Å²) >= 11 is 0. The first kappa shape index (κ1) is 14.4. The van der Waals surface area contributed by atoms with Crippen LogP contribution in [0.2, 0.25) is 0 Å². The first-order valence-corrected chi connectivity index (χ1v) is 7.12. The van der Waals surface area contributed by atoms with Gasteiger partial charge in [-0.05, 0) is 37.5 Å². The summed E-state index contributed by atoms with van der Waals surface area (Å²) in [6, 6.07) is 9.71. The summed E-state index contributed by atoms with van der Waals surface area (Å²) in [7, 11) is 0. The monoisotopic (exact) mass is 268 g/mol. The molecule has 2 aromatic rings. The molecule has 0 bridgehead atoms. The van der Waals surface area contributed by atoms with E-state index >= 15 is 0 Å². The number of carbonyl (C=O) groups is 1. The lowest BCUT2D eigenvalue weighted by Crippen LogP contribution is -2.09. The molecule has 2 rings (SSSR count). The molecule has 0 atom stereocenters. The van der Waals surface area contributed by atoms with E-state index in [4.69, 9.17) is 0 Å². The third-order valence-corrected chi connectivity index (χ3v) is 3.30. The van der Waals surface area contributed by atoms with Crippen LogP contribution in [-0.2, 0) is 12.8 Å². The first-order chi connectivity index (χ1) is 9.65. The molecule has 3 heteroatoms. The molecule has 0 amide bonds. The minimum Gasteiger partial charge on any atom is -0.289 e. The molecule has 0 saturated heterocycles. The summed E-state index contributed by atoms with van der Waals surface area (Å²) in [6.45, 7) is 5.99. The van der Waals surface area contributed by atoms with E-state index in [0.717, 1.165) is 29.8 Å². The van der Waals surface area contributed by atoms with Gasteiger partial charge in [0.15, 0.2) is 5.78 Å². The lowest BCUT2D eigenvalue weighted by atomic mass is 9.98. The average Bonchev–Trinajstić information content (AvgIpc) is 2.47. The molecule has 0 aliphatic rings. The fraction of sp³-hybridized carbons (Fsp3) is 0.353. The molecule has 0 saturated carbocycles. The van der Waals surface area contributed by atoms with Gasteiger partial charge in [-0.3, -0.25) is 4.79 Å². The van der Waals surface area contributed by atoms with Crippen LogP contribution in [0.15, 0.2) is 30.3 Å². The number of aromatic nitrogens is 2. The van der Waals surface area contributed by atoms with Gasteiger partial charge in [-0.1, -0.05) is 38.5 Å². The normalized spacial score (nSPS) is 10.6. The highest BCUT2D eigenvalue weighted by atomic mass is 16.1. The zero-order valence-electron chi connectivity index (χ0n) is 12.3. The molecule has 1 aromatic carbocycles. The molecule has 1 heterocycles. The van der Waals surface area contributed by atoms with Crippen molar-refractivity contribution in [3.05, 3.63) is 58.4 Å². The van der Waals surface area contributed by atoms with Crippen LogP contribution >= 0.6 is 0 Å². The largest absolute Gasteiger partial charge is 0.289 e. The Morgan fingerprint density at radius 1 is 1.15 bits per heavy atom. The Kier molecular flexibility index (Phi) is 4.61. The van der Waals surface area contributed by atoms with E-state index < -0.39 is 0 Å². The van der Waals surface area contributed by atoms with E-state index in [9.17, 15) is 4.79 Å². The van der Waals surface area contributed by atoms with Gasteiger partial charge in [0.05, 0.1) is 11.4 Å². The highest BCUT2D eigenvalue weighted by Gasteiger charge is 2.15. The molecule has 0 aliphatic carbocycles. The fourth-order valence-electron chi connectivity index (χ4n) is 2.28. The predicted molar refractivity (Wildman–Crippen MR) is 80.0 cm³/mol. The number of hydrogen-bond acceptors (Lipinski definition) is 3. The minimum atomic E-state index is 0.0396. The molecule has 20 heavy (non-hydrogen) atoms. The summed E-state index contributed by atoms with van der Waals surface area (Å²) in [5.74, 6) is 0.0396. The number of benzene rings is 1. The molecule has 0 aliphatic heterocycles. The molecule has 0 fully saturated rings. The van der Waals surface area contributed by atoms with Crippen LogP contribution in [0.5, 0.6) is 0 Å². The van der Waals surface area contributed by atoms with E-state index in [-0.39, 0.29) is 5.78 Å². The van der Waals surface area contributed by atoms with Crippen LogP contribution in [-0.4, -0.2) is 16.0 Å². The number of hydrogen-bond donors (Lipinski definition) is 0. The second-order valence-corrected chi connectivity index (χ2v) is 4.98. The van der Waals surface area contributed by atoms with E-state index in [1.807, 2.05) is 38.1 Å². The zero-order chi connectivity index (χ0) is 14.5. The van der Waals surface area contributed by atoms with Gasteiger partial charge in [-0.15, -0.1) is 0 Å². The van der Waals surface area contributed by atoms with Crippen LogP contribution in [0.1, 0.15) is 53.1 Å². The Bertz CT molecular complexity index is 620. The highest BCUT2D eigenvalue weighted by Crippen LogP contribution is 2.16. The number of carbonyl (C=O) groups excluding carboxylic acids is 1. The quantitative estimate of drug-likeness (QED) is 0.779. The SMILES string of the molecule is CCCc1cccc(C(=O)c2cc(C)nnc2CC)c1. The van der Waals surface area contributed by atoms with Gasteiger partial charge in [-0.2, -0.15) is 10.2 Å². The molecule has 104 valence electrons. The van der Waals surface area contributed by atoms with Crippen molar-refractivity contribution in [3.63, 3.8) is 0 Å². The summed E-state index contributed by atoms with van der Waals surface area (Å²) in [4.78, 5) is 12.7. The number of aryl methyl sites for hydroxylation is 3. The van der Waals surface area contributed by atoms with Gasteiger partial charge in [0.1, 0.15) is 0 Å². The molecule has 0 unspecified atom stereocenters. The van der Waals surface area contributed by atoms with Crippen molar-refractivity contribution in [2.24, 2.45) is 0 Å². The molecule has 0 radical (unpaired) electrons. The minimum absolute atomic E-state index is 0.0396. The van der Waals surface area contributed by atoms with E-state index in [0.29, 0.717) is 12.0 Å². The van der Waals surface area contributed by atoms with Crippen molar-refractivity contribution in [2.45, 2.75) is 40.0 Å². The van der Waals surface area contributed by atoms with Crippen LogP contribution in [0.4, 0.5) is 0 Å². The van der Waals surface area contributed by atoms with Crippen molar-refractivity contribution < 1.29 is 4.79 Å². The third-order valence-electron chi connectivity index (χ3n) is 3.30. The smallest absolute Gasteiger partial charge is 0.195 e. The highest BCUT2D eigenvalue weighted by molar-refractivity contribution is 6.09. The maximum absolute atomic E-state index is 12.7. The predicted octanol–water partition coefficient (Wildman–Crippen LogP) is 3.53. The van der Waals surface area contributed by atoms with Crippen molar-refractivity contribution in [1.82, 2.24) is 10.2 Å². The molecular formula is C17H20N2O. The summed E-state index contributed by atoms with van der Waals surface area (Å²) in [6.07, 6.45) is 2.78. The van der Waals surface area contributed by atoms with E-state index in [1.165, 1.54) is 5.56 Å². The number of rotatable bonds is 5. The van der Waals surface area contributed by atoms with Gasteiger partial charge in [0.25, 0.3) is 0 Å². The maximum Gasteiger partial charge on any atom is 0.195 e. The topological polar surface area (TPSA) is 42.9 Å². The Labute approximate surface area is 120 Å². The van der Waals surface area contributed by atoms with Gasteiger partial charge < -0.3 is 0 Å². The second-order valence-electron chi connectivity index (χ2n) is 4.98. The van der Waals surface area contributed by atoms with Crippen molar-refractivity contribution >= 4 is 5.78 Å². The summed E-state index contributed by atoms with van der Waals surface area (Å²) < 4.78 is 0. The molecule has 0 N–H and O–H groups in total.